The fraction of sp³-hybridized carbons (Fsp3) is 0.350. The second kappa shape index (κ2) is 8.59. The summed E-state index contributed by atoms with van der Waals surface area (Å²) in [5.41, 5.74) is 1.10. The van der Waals surface area contributed by atoms with E-state index in [0.717, 1.165) is 47.1 Å². The third-order valence-electron chi connectivity index (χ3n) is 5.16. The lowest BCUT2D eigenvalue weighted by Gasteiger charge is -2.25. The summed E-state index contributed by atoms with van der Waals surface area (Å²) in [4.78, 5) is 16.0. The highest BCUT2D eigenvalue weighted by Crippen LogP contribution is 2.26. The zero-order valence-corrected chi connectivity index (χ0v) is 17.7. The van der Waals surface area contributed by atoms with Gasteiger partial charge in [0.15, 0.2) is 10.6 Å². The van der Waals surface area contributed by atoms with E-state index < -0.39 is 0 Å². The Kier molecular flexibility index (Phi) is 5.94. The number of amides is 1. The van der Waals surface area contributed by atoms with Crippen LogP contribution in [0.5, 0.6) is 0 Å². The molecule has 3 aromatic rings. The van der Waals surface area contributed by atoms with Gasteiger partial charge >= 0.3 is 0 Å². The number of aromatic nitrogens is 3. The summed E-state index contributed by atoms with van der Waals surface area (Å²) in [5, 5.41) is 9.96. The Morgan fingerprint density at radius 1 is 1.32 bits per heavy atom. The molecule has 3 heterocycles. The van der Waals surface area contributed by atoms with Gasteiger partial charge in [0.2, 0.25) is 5.91 Å². The molecular weight excluding hydrogens is 412 g/mol. The predicted octanol–water partition coefficient (Wildman–Crippen LogP) is 4.95. The first-order valence-corrected chi connectivity index (χ1v) is 11.0. The van der Waals surface area contributed by atoms with Gasteiger partial charge in [-0.1, -0.05) is 35.9 Å². The fourth-order valence-electron chi connectivity index (χ4n) is 3.76. The average molecular weight is 433 g/mol. The molecular formula is C20H21ClN4OS2. The summed E-state index contributed by atoms with van der Waals surface area (Å²) in [5.74, 6) is 0.955. The van der Waals surface area contributed by atoms with Gasteiger partial charge in [-0.3, -0.25) is 14.5 Å². The molecule has 1 saturated heterocycles. The monoisotopic (exact) mass is 432 g/mol. The minimum Gasteiger partial charge on any atom is -0.339 e. The average Bonchev–Trinajstić information content (AvgIpc) is 3.43. The molecule has 146 valence electrons. The summed E-state index contributed by atoms with van der Waals surface area (Å²) < 4.78 is 2.46. The number of thiophene rings is 1. The standard InChI is InChI=1S/C20H21ClN4OS2/c21-16-7-2-1-5-14(16)13-15-6-3-10-24(15)18(26)9-11-25-19(22-23-20(25)27)17-8-4-12-28-17/h1-2,4-5,7-8,12,15H,3,6,9-11,13H2,(H,23,27). The maximum Gasteiger partial charge on any atom is 0.224 e. The first kappa shape index (κ1) is 19.4. The number of aromatic amines is 1. The van der Waals surface area contributed by atoms with Gasteiger partial charge in [-0.2, -0.15) is 5.10 Å². The van der Waals surface area contributed by atoms with Crippen LogP contribution in [0.25, 0.3) is 10.7 Å². The van der Waals surface area contributed by atoms with Crippen LogP contribution in [0.15, 0.2) is 41.8 Å². The molecule has 1 amide bonds. The fourth-order valence-corrected chi connectivity index (χ4v) is 4.92. The molecule has 1 N–H and O–H groups in total. The highest BCUT2D eigenvalue weighted by molar-refractivity contribution is 7.71. The minimum atomic E-state index is 0.162. The summed E-state index contributed by atoms with van der Waals surface area (Å²) >= 11 is 13.3. The number of likely N-dealkylation sites (tertiary alicyclic amines) is 1. The largest absolute Gasteiger partial charge is 0.339 e. The van der Waals surface area contributed by atoms with Gasteiger partial charge < -0.3 is 4.90 Å². The maximum absolute atomic E-state index is 13.0. The number of hydrogen-bond donors (Lipinski definition) is 1. The van der Waals surface area contributed by atoms with Crippen LogP contribution in [0.3, 0.4) is 0 Å². The number of carbonyl (C=O) groups is 1. The number of hydrogen-bond acceptors (Lipinski definition) is 4. The van der Waals surface area contributed by atoms with Crippen LogP contribution in [0.2, 0.25) is 5.02 Å². The molecule has 0 bridgehead atoms. The van der Waals surface area contributed by atoms with Gasteiger partial charge in [-0.25, -0.2) is 0 Å². The molecule has 28 heavy (non-hydrogen) atoms. The van der Waals surface area contributed by atoms with E-state index in [-0.39, 0.29) is 11.9 Å². The highest BCUT2D eigenvalue weighted by atomic mass is 35.5. The Hall–Kier alpha value is -1.96. The normalized spacial score (nSPS) is 16.6. The molecule has 1 aliphatic rings. The van der Waals surface area contributed by atoms with Crippen molar-refractivity contribution < 1.29 is 4.79 Å². The van der Waals surface area contributed by atoms with Gasteiger partial charge in [-0.15, -0.1) is 11.3 Å². The molecule has 0 saturated carbocycles. The Bertz CT molecular complexity index is 1010. The predicted molar refractivity (Wildman–Crippen MR) is 115 cm³/mol. The summed E-state index contributed by atoms with van der Waals surface area (Å²) in [6.07, 6.45) is 3.26. The van der Waals surface area contributed by atoms with Crippen LogP contribution in [0, 0.1) is 4.77 Å². The van der Waals surface area contributed by atoms with Gasteiger partial charge in [0.05, 0.1) is 4.88 Å². The number of nitrogens with zero attached hydrogens (tertiary/aromatic N) is 3. The van der Waals surface area contributed by atoms with Crippen LogP contribution in [-0.4, -0.2) is 38.2 Å². The number of rotatable bonds is 6. The molecule has 8 heteroatoms. The van der Waals surface area contributed by atoms with Gasteiger partial charge in [-0.05, 0) is 54.6 Å². The van der Waals surface area contributed by atoms with Crippen molar-refractivity contribution >= 4 is 41.1 Å². The number of halogens is 1. The van der Waals surface area contributed by atoms with E-state index in [1.54, 1.807) is 11.3 Å². The van der Waals surface area contributed by atoms with E-state index in [2.05, 4.69) is 10.2 Å². The Morgan fingerprint density at radius 2 is 2.18 bits per heavy atom. The molecule has 0 spiro atoms. The van der Waals surface area contributed by atoms with E-state index in [0.29, 0.717) is 17.7 Å². The minimum absolute atomic E-state index is 0.162. The second-order valence-electron chi connectivity index (χ2n) is 6.91. The van der Waals surface area contributed by atoms with Crippen molar-refractivity contribution in [1.29, 1.82) is 0 Å². The summed E-state index contributed by atoms with van der Waals surface area (Å²) in [7, 11) is 0. The van der Waals surface area contributed by atoms with E-state index in [9.17, 15) is 4.79 Å². The van der Waals surface area contributed by atoms with Crippen LogP contribution in [0.1, 0.15) is 24.8 Å². The molecule has 1 fully saturated rings. The maximum atomic E-state index is 13.0. The van der Waals surface area contributed by atoms with E-state index in [4.69, 9.17) is 23.8 Å². The Labute approximate surface area is 178 Å². The quantitative estimate of drug-likeness (QED) is 0.561. The summed E-state index contributed by atoms with van der Waals surface area (Å²) in [6.45, 7) is 1.33. The van der Waals surface area contributed by atoms with Crippen LogP contribution in [0.4, 0.5) is 0 Å². The van der Waals surface area contributed by atoms with Gasteiger partial charge in [0.1, 0.15) is 0 Å². The molecule has 1 aliphatic heterocycles. The van der Waals surface area contributed by atoms with E-state index >= 15 is 0 Å². The van der Waals surface area contributed by atoms with Crippen molar-refractivity contribution in [2.45, 2.75) is 38.3 Å². The topological polar surface area (TPSA) is 53.9 Å². The summed E-state index contributed by atoms with van der Waals surface area (Å²) in [6, 6.07) is 12.1. The zero-order chi connectivity index (χ0) is 19.5. The lowest BCUT2D eigenvalue weighted by molar-refractivity contribution is -0.132. The Balaban J connectivity index is 1.43. The Morgan fingerprint density at radius 3 is 2.96 bits per heavy atom. The highest BCUT2D eigenvalue weighted by Gasteiger charge is 2.29. The lowest BCUT2D eigenvalue weighted by Crippen LogP contribution is -2.37. The molecule has 5 nitrogen and oxygen atoms in total. The first-order valence-electron chi connectivity index (χ1n) is 9.35. The van der Waals surface area contributed by atoms with Crippen LogP contribution in [-0.2, 0) is 17.8 Å². The number of benzene rings is 1. The number of H-pyrrole nitrogens is 1. The van der Waals surface area contributed by atoms with Crippen molar-refractivity contribution in [3.63, 3.8) is 0 Å². The molecule has 1 atom stereocenters. The third kappa shape index (κ3) is 4.06. The lowest BCUT2D eigenvalue weighted by atomic mass is 10.0. The van der Waals surface area contributed by atoms with E-state index in [1.807, 2.05) is 51.2 Å². The van der Waals surface area contributed by atoms with Crippen molar-refractivity contribution in [2.24, 2.45) is 0 Å². The smallest absolute Gasteiger partial charge is 0.224 e. The van der Waals surface area contributed by atoms with E-state index in [1.165, 1.54) is 0 Å². The van der Waals surface area contributed by atoms with Crippen molar-refractivity contribution in [3.05, 3.63) is 57.1 Å². The third-order valence-corrected chi connectivity index (χ3v) is 6.71. The SMILES string of the molecule is O=C(CCn1c(-c2cccs2)n[nH]c1=S)N1CCCC1Cc1ccccc1Cl. The van der Waals surface area contributed by atoms with Crippen LogP contribution < -0.4 is 0 Å². The second-order valence-corrected chi connectivity index (χ2v) is 8.65. The molecule has 1 unspecified atom stereocenters. The molecule has 2 aromatic heterocycles. The number of nitrogens with one attached hydrogen (secondary N) is 1. The van der Waals surface area contributed by atoms with Crippen molar-refractivity contribution in [1.82, 2.24) is 19.7 Å². The van der Waals surface area contributed by atoms with Crippen molar-refractivity contribution in [2.75, 3.05) is 6.54 Å². The molecule has 0 aliphatic carbocycles. The number of carbonyl (C=O) groups excluding carboxylic acids is 1. The molecule has 4 rings (SSSR count). The zero-order valence-electron chi connectivity index (χ0n) is 15.3. The van der Waals surface area contributed by atoms with Gasteiger partial charge in [0, 0.05) is 30.6 Å². The van der Waals surface area contributed by atoms with Crippen LogP contribution >= 0.6 is 35.2 Å². The molecule has 0 radical (unpaired) electrons. The van der Waals surface area contributed by atoms with Gasteiger partial charge in [0.25, 0.3) is 0 Å². The van der Waals surface area contributed by atoms with Crippen molar-refractivity contribution in [3.8, 4) is 10.7 Å². The first-order chi connectivity index (χ1) is 13.6. The molecule has 1 aromatic carbocycles.